The van der Waals surface area contributed by atoms with Crippen LogP contribution in [-0.2, 0) is 29.8 Å². The Labute approximate surface area is 171 Å². The van der Waals surface area contributed by atoms with E-state index < -0.39 is 23.7 Å². The lowest BCUT2D eigenvalue weighted by molar-refractivity contribution is -0.160. The van der Waals surface area contributed by atoms with E-state index in [-0.39, 0.29) is 29.7 Å². The molecule has 0 radical (unpaired) electrons. The second-order valence-electron chi connectivity index (χ2n) is 7.46. The van der Waals surface area contributed by atoms with Gasteiger partial charge in [0.25, 0.3) is 5.56 Å². The van der Waals surface area contributed by atoms with Gasteiger partial charge in [-0.25, -0.2) is 4.79 Å². The number of aromatic nitrogens is 2. The van der Waals surface area contributed by atoms with Gasteiger partial charge in [-0.15, -0.1) is 0 Å². The van der Waals surface area contributed by atoms with Gasteiger partial charge in [0, 0.05) is 28.6 Å². The molecule has 3 aromatic rings. The van der Waals surface area contributed by atoms with Crippen LogP contribution in [0, 0.1) is 0 Å². The first-order valence-electron chi connectivity index (χ1n) is 9.76. The van der Waals surface area contributed by atoms with Crippen LogP contribution in [-0.4, -0.2) is 35.9 Å². The number of aromatic hydroxyl groups is 1. The molecule has 2 aromatic heterocycles. The first-order chi connectivity index (χ1) is 14.3. The molecule has 0 amide bonds. The number of carboxylic acids is 1. The number of pyridine rings is 2. The van der Waals surface area contributed by atoms with Crippen molar-refractivity contribution in [2.45, 2.75) is 45.3 Å². The number of aryl methyl sites for hydroxylation is 1. The fraction of sp³-hybridized carbons (Fsp3) is 0.318. The molecule has 3 heterocycles. The Kier molecular flexibility index (Phi) is 4.63. The van der Waals surface area contributed by atoms with Gasteiger partial charge < -0.3 is 20.4 Å². The third-order valence-electron chi connectivity index (χ3n) is 5.90. The average molecular weight is 410 g/mol. The Balaban J connectivity index is 2.08. The van der Waals surface area contributed by atoms with E-state index in [1.807, 2.05) is 6.92 Å². The second kappa shape index (κ2) is 6.93. The molecule has 4 rings (SSSR count). The molecular formula is C22H22N2O6. The molecule has 1 atom stereocenters. The summed E-state index contributed by atoms with van der Waals surface area (Å²) in [5.41, 5.74) is 0.144. The van der Waals surface area contributed by atoms with Crippen molar-refractivity contribution in [3.05, 3.63) is 62.7 Å². The normalized spacial score (nSPS) is 14.4. The largest absolute Gasteiger partial charge is 0.508 e. The number of benzene rings is 1. The highest BCUT2D eigenvalue weighted by Crippen LogP contribution is 2.37. The zero-order chi connectivity index (χ0) is 21.8. The predicted molar refractivity (Wildman–Crippen MR) is 109 cm³/mol. The number of aliphatic hydroxyl groups excluding tert-OH is 1. The number of phenols is 1. The fourth-order valence-corrected chi connectivity index (χ4v) is 4.33. The van der Waals surface area contributed by atoms with Gasteiger partial charge >= 0.3 is 5.97 Å². The lowest BCUT2D eigenvalue weighted by Crippen LogP contribution is -2.39. The maximum absolute atomic E-state index is 13.4. The molecule has 8 heteroatoms. The van der Waals surface area contributed by atoms with Crippen molar-refractivity contribution in [3.8, 4) is 11.4 Å². The summed E-state index contributed by atoms with van der Waals surface area (Å²) < 4.78 is 1.44. The van der Waals surface area contributed by atoms with Crippen LogP contribution in [0.15, 0.2) is 29.1 Å². The van der Waals surface area contributed by atoms with Gasteiger partial charge in [0.1, 0.15) is 5.75 Å². The SMILES string of the molecule is CCc1c2c(nc3ccc(O)cc13)Cc1cc([C@@](O)(CC)C(=O)O)c(CO)c(=O)n1-2. The van der Waals surface area contributed by atoms with Crippen molar-refractivity contribution in [1.29, 1.82) is 0 Å². The van der Waals surface area contributed by atoms with Gasteiger partial charge in [-0.1, -0.05) is 13.8 Å². The van der Waals surface area contributed by atoms with E-state index >= 15 is 0 Å². The summed E-state index contributed by atoms with van der Waals surface area (Å²) in [5.74, 6) is -1.39. The maximum atomic E-state index is 13.4. The number of hydrogen-bond acceptors (Lipinski definition) is 6. The standard InChI is InChI=1S/C22H22N2O6/c1-3-13-14-9-12(26)5-6-17(14)23-18-8-11-7-16(22(30,4-2)21(28)29)15(10-25)20(27)24(11)19(13)18/h5-7,9,25-26,30H,3-4,8,10H2,1-2H3,(H,28,29)/t22-/m0/s1. The lowest BCUT2D eigenvalue weighted by atomic mass is 9.87. The molecule has 0 fully saturated rings. The Hall–Kier alpha value is -3.23. The van der Waals surface area contributed by atoms with E-state index in [1.165, 1.54) is 17.6 Å². The van der Waals surface area contributed by atoms with Crippen molar-refractivity contribution in [3.63, 3.8) is 0 Å². The molecule has 156 valence electrons. The lowest BCUT2D eigenvalue weighted by Gasteiger charge is -2.25. The van der Waals surface area contributed by atoms with E-state index in [4.69, 9.17) is 0 Å². The molecule has 30 heavy (non-hydrogen) atoms. The first-order valence-corrected chi connectivity index (χ1v) is 9.76. The Morgan fingerprint density at radius 2 is 1.97 bits per heavy atom. The van der Waals surface area contributed by atoms with Crippen molar-refractivity contribution in [2.24, 2.45) is 0 Å². The van der Waals surface area contributed by atoms with Crippen LogP contribution in [0.5, 0.6) is 5.75 Å². The zero-order valence-electron chi connectivity index (χ0n) is 16.6. The van der Waals surface area contributed by atoms with Crippen LogP contribution in [0.2, 0.25) is 0 Å². The Morgan fingerprint density at radius 3 is 2.57 bits per heavy atom. The monoisotopic (exact) mass is 410 g/mol. The minimum atomic E-state index is -2.28. The van der Waals surface area contributed by atoms with Crippen LogP contribution in [0.4, 0.5) is 0 Å². The second-order valence-corrected chi connectivity index (χ2v) is 7.46. The van der Waals surface area contributed by atoms with Crippen molar-refractivity contribution < 1.29 is 25.2 Å². The van der Waals surface area contributed by atoms with Crippen LogP contribution in [0.1, 0.15) is 48.3 Å². The average Bonchev–Trinajstić information content (AvgIpc) is 3.09. The quantitative estimate of drug-likeness (QED) is 0.394. The van der Waals surface area contributed by atoms with Crippen LogP contribution in [0.3, 0.4) is 0 Å². The number of aliphatic hydroxyl groups is 2. The number of aliphatic carboxylic acids is 1. The molecule has 1 aliphatic rings. The minimum absolute atomic E-state index is 0.0883. The molecule has 1 aliphatic heterocycles. The topological polar surface area (TPSA) is 133 Å². The summed E-state index contributed by atoms with van der Waals surface area (Å²) in [5, 5.41) is 40.8. The third-order valence-corrected chi connectivity index (χ3v) is 5.90. The summed E-state index contributed by atoms with van der Waals surface area (Å²) in [6, 6.07) is 6.34. The van der Waals surface area contributed by atoms with Crippen LogP contribution < -0.4 is 5.56 Å². The molecule has 0 spiro atoms. The van der Waals surface area contributed by atoms with E-state index in [0.717, 1.165) is 10.9 Å². The summed E-state index contributed by atoms with van der Waals surface area (Å²) in [7, 11) is 0. The number of phenolic OH excluding ortho intramolecular Hbond substituents is 1. The van der Waals surface area contributed by atoms with Gasteiger partial charge in [0.15, 0.2) is 5.60 Å². The molecule has 4 N–H and O–H groups in total. The number of carbonyl (C=O) groups is 1. The van der Waals surface area contributed by atoms with Gasteiger partial charge in [0.05, 0.1) is 23.5 Å². The van der Waals surface area contributed by atoms with Crippen molar-refractivity contribution in [2.75, 3.05) is 0 Å². The van der Waals surface area contributed by atoms with Crippen molar-refractivity contribution in [1.82, 2.24) is 9.55 Å². The fourth-order valence-electron chi connectivity index (χ4n) is 4.33. The summed E-state index contributed by atoms with van der Waals surface area (Å²) in [4.78, 5) is 29.8. The smallest absolute Gasteiger partial charge is 0.340 e. The molecule has 0 saturated carbocycles. The van der Waals surface area contributed by atoms with E-state index in [0.29, 0.717) is 29.0 Å². The summed E-state index contributed by atoms with van der Waals surface area (Å²) in [6.45, 7) is 2.73. The van der Waals surface area contributed by atoms with Crippen molar-refractivity contribution >= 4 is 16.9 Å². The first kappa shape index (κ1) is 20.1. The van der Waals surface area contributed by atoms with E-state index in [2.05, 4.69) is 4.98 Å². The summed E-state index contributed by atoms with van der Waals surface area (Å²) >= 11 is 0. The Morgan fingerprint density at radius 1 is 1.23 bits per heavy atom. The third kappa shape index (κ3) is 2.64. The van der Waals surface area contributed by atoms with Crippen LogP contribution >= 0.6 is 0 Å². The molecule has 0 saturated heterocycles. The molecule has 0 aliphatic carbocycles. The molecule has 8 nitrogen and oxygen atoms in total. The van der Waals surface area contributed by atoms with E-state index in [9.17, 15) is 30.0 Å². The van der Waals surface area contributed by atoms with Gasteiger partial charge in [-0.05, 0) is 42.7 Å². The van der Waals surface area contributed by atoms with Crippen LogP contribution in [0.25, 0.3) is 16.6 Å². The molecule has 0 unspecified atom stereocenters. The number of carboxylic acid groups (broad SMARTS) is 1. The highest BCUT2D eigenvalue weighted by Gasteiger charge is 2.40. The maximum Gasteiger partial charge on any atom is 0.340 e. The highest BCUT2D eigenvalue weighted by atomic mass is 16.4. The Bertz CT molecular complexity index is 1260. The number of hydrogen-bond donors (Lipinski definition) is 4. The zero-order valence-corrected chi connectivity index (χ0v) is 16.6. The highest BCUT2D eigenvalue weighted by molar-refractivity contribution is 5.88. The predicted octanol–water partition coefficient (Wildman–Crippen LogP) is 1.73. The summed E-state index contributed by atoms with van der Waals surface area (Å²) in [6.07, 6.45) is 0.695. The van der Waals surface area contributed by atoms with Gasteiger partial charge in [-0.2, -0.15) is 0 Å². The van der Waals surface area contributed by atoms with E-state index in [1.54, 1.807) is 18.2 Å². The molecular weight excluding hydrogens is 388 g/mol. The minimum Gasteiger partial charge on any atom is -0.508 e. The molecule has 1 aromatic carbocycles. The van der Waals surface area contributed by atoms with Gasteiger partial charge in [0.2, 0.25) is 0 Å². The number of fused-ring (bicyclic) bond motifs is 4. The number of rotatable bonds is 5. The number of nitrogens with zero attached hydrogens (tertiary/aromatic N) is 2. The molecule has 0 bridgehead atoms. The van der Waals surface area contributed by atoms with Gasteiger partial charge in [-0.3, -0.25) is 14.3 Å².